The summed E-state index contributed by atoms with van der Waals surface area (Å²) in [5.74, 6) is 0.858. The van der Waals surface area contributed by atoms with E-state index < -0.39 is 12.2 Å². The monoisotopic (exact) mass is 233 g/mol. The van der Waals surface area contributed by atoms with Gasteiger partial charge in [0.25, 0.3) is 0 Å². The molecule has 3 atom stereocenters. The van der Waals surface area contributed by atoms with E-state index in [4.69, 9.17) is 10.4 Å². The molecule has 0 heterocycles. The fraction of sp³-hybridized carbons (Fsp3) is 1.00. The maximum absolute atomic E-state index is 9.74. The van der Waals surface area contributed by atoms with Gasteiger partial charge in [-0.3, -0.25) is 10.4 Å². The van der Waals surface area contributed by atoms with Crippen LogP contribution < -0.4 is 0 Å². The van der Waals surface area contributed by atoms with Gasteiger partial charge < -0.3 is 10.2 Å². The lowest BCUT2D eigenvalue weighted by molar-refractivity contribution is -0.308. The predicted molar refractivity (Wildman–Crippen MR) is 58.0 cm³/mol. The van der Waals surface area contributed by atoms with E-state index in [1.165, 1.54) is 0 Å². The number of hydroxylamine groups is 2. The third-order valence-corrected chi connectivity index (χ3v) is 3.40. The minimum absolute atomic E-state index is 0.191. The van der Waals surface area contributed by atoms with Gasteiger partial charge in [-0.1, -0.05) is 12.2 Å². The second-order valence-corrected chi connectivity index (χ2v) is 4.76. The minimum atomic E-state index is -0.693. The van der Waals surface area contributed by atoms with Crippen LogP contribution >= 0.6 is 0 Å². The van der Waals surface area contributed by atoms with Crippen molar-refractivity contribution >= 4 is 0 Å². The van der Waals surface area contributed by atoms with Crippen LogP contribution in [-0.2, 0) is 0 Å². The number of nitrogens with zero attached hydrogens (tertiary/aromatic N) is 1. The zero-order valence-electron chi connectivity index (χ0n) is 9.79. The van der Waals surface area contributed by atoms with Gasteiger partial charge in [0.15, 0.2) is 0 Å². The summed E-state index contributed by atoms with van der Waals surface area (Å²) in [6.07, 6.45) is 2.68. The quantitative estimate of drug-likeness (QED) is 0.470. The van der Waals surface area contributed by atoms with Gasteiger partial charge in [-0.25, -0.2) is 0 Å². The van der Waals surface area contributed by atoms with Crippen molar-refractivity contribution in [1.82, 2.24) is 5.23 Å². The molecule has 0 aromatic rings. The summed E-state index contributed by atoms with van der Waals surface area (Å²) in [6.45, 7) is 2.03. The largest absolute Gasteiger partial charge is 0.390 e. The Morgan fingerprint density at radius 1 is 1.19 bits per heavy atom. The van der Waals surface area contributed by atoms with Gasteiger partial charge in [0.1, 0.15) is 0 Å². The first kappa shape index (κ1) is 13.9. The summed E-state index contributed by atoms with van der Waals surface area (Å²) < 4.78 is 0. The zero-order valence-corrected chi connectivity index (χ0v) is 9.79. The van der Waals surface area contributed by atoms with Crippen molar-refractivity contribution < 1.29 is 20.6 Å². The summed E-state index contributed by atoms with van der Waals surface area (Å²) in [7, 11) is 0. The molecule has 0 saturated heterocycles. The molecule has 0 aromatic carbocycles. The zero-order chi connectivity index (χ0) is 12.1. The first-order valence-electron chi connectivity index (χ1n) is 6.06. The smallest absolute Gasteiger partial charge is 0.0801 e. The van der Waals surface area contributed by atoms with Crippen LogP contribution in [0.3, 0.4) is 0 Å². The Kier molecular flexibility index (Phi) is 5.64. The fourth-order valence-corrected chi connectivity index (χ4v) is 2.13. The molecular weight excluding hydrogens is 210 g/mol. The van der Waals surface area contributed by atoms with Crippen molar-refractivity contribution in [2.75, 3.05) is 6.54 Å². The van der Waals surface area contributed by atoms with E-state index in [9.17, 15) is 10.2 Å². The van der Waals surface area contributed by atoms with Crippen LogP contribution in [0.25, 0.3) is 0 Å². The van der Waals surface area contributed by atoms with Crippen LogP contribution in [0.15, 0.2) is 0 Å². The molecular formula is C11H23NO4. The maximum Gasteiger partial charge on any atom is 0.0801 e. The highest BCUT2D eigenvalue weighted by Crippen LogP contribution is 2.41. The topological polar surface area (TPSA) is 84.2 Å². The van der Waals surface area contributed by atoms with Crippen LogP contribution in [0.5, 0.6) is 0 Å². The number of rotatable bonds is 8. The molecule has 3 unspecified atom stereocenters. The van der Waals surface area contributed by atoms with Crippen LogP contribution in [0.2, 0.25) is 0 Å². The molecule has 0 amide bonds. The van der Waals surface area contributed by atoms with E-state index in [-0.39, 0.29) is 17.7 Å². The molecule has 5 heteroatoms. The number of aliphatic hydroxyl groups excluding tert-OH is 2. The number of aliphatic hydroxyl groups is 2. The van der Waals surface area contributed by atoms with Crippen molar-refractivity contribution in [2.24, 2.45) is 11.8 Å². The maximum atomic E-state index is 9.74. The predicted octanol–water partition coefficient (Wildman–Crippen LogP) is 1.00. The summed E-state index contributed by atoms with van der Waals surface area (Å²) in [6, 6.07) is 0. The van der Waals surface area contributed by atoms with Crippen molar-refractivity contribution in [3.05, 3.63) is 0 Å². The van der Waals surface area contributed by atoms with E-state index in [2.05, 4.69) is 0 Å². The van der Waals surface area contributed by atoms with Crippen LogP contribution in [0.1, 0.15) is 39.0 Å². The fourth-order valence-electron chi connectivity index (χ4n) is 2.13. The lowest BCUT2D eigenvalue weighted by atomic mass is 9.90. The number of hydrogen-bond acceptors (Lipinski definition) is 5. The Morgan fingerprint density at radius 3 is 2.25 bits per heavy atom. The Hall–Kier alpha value is -0.200. The highest BCUT2D eigenvalue weighted by molar-refractivity contribution is 4.84. The number of hydrogen-bond donors (Lipinski definition) is 4. The molecule has 0 bridgehead atoms. The third-order valence-electron chi connectivity index (χ3n) is 3.40. The third kappa shape index (κ3) is 4.76. The van der Waals surface area contributed by atoms with Crippen LogP contribution in [0.4, 0.5) is 0 Å². The lowest BCUT2D eigenvalue weighted by Crippen LogP contribution is -2.29. The Morgan fingerprint density at radius 2 is 1.81 bits per heavy atom. The van der Waals surface area contributed by atoms with Gasteiger partial charge in [-0.05, 0) is 43.9 Å². The van der Waals surface area contributed by atoms with Crippen LogP contribution in [-0.4, -0.2) is 44.6 Å². The van der Waals surface area contributed by atoms with E-state index in [0.29, 0.717) is 25.2 Å². The van der Waals surface area contributed by atoms with Crippen molar-refractivity contribution in [3.8, 4) is 0 Å². The van der Waals surface area contributed by atoms with Crippen molar-refractivity contribution in [2.45, 2.75) is 51.2 Å². The highest BCUT2D eigenvalue weighted by Gasteiger charge is 2.33. The van der Waals surface area contributed by atoms with E-state index in [1.54, 1.807) is 0 Å². The Labute approximate surface area is 96.2 Å². The van der Waals surface area contributed by atoms with Crippen molar-refractivity contribution in [1.29, 1.82) is 0 Å². The average molecular weight is 233 g/mol. The van der Waals surface area contributed by atoms with Gasteiger partial charge in [0.2, 0.25) is 0 Å². The van der Waals surface area contributed by atoms with E-state index >= 15 is 0 Å². The second-order valence-electron chi connectivity index (χ2n) is 4.76. The van der Waals surface area contributed by atoms with Gasteiger partial charge in [-0.15, -0.1) is 0 Å². The molecule has 0 aromatic heterocycles. The SMILES string of the molecule is CCC(O)C(O)CC(CCN(O)O)C1CC1. The lowest BCUT2D eigenvalue weighted by Gasteiger charge is -2.23. The summed E-state index contributed by atoms with van der Waals surface area (Å²) in [5.41, 5.74) is 0. The molecule has 1 rings (SSSR count). The van der Waals surface area contributed by atoms with Crippen LogP contribution in [0, 0.1) is 11.8 Å². The average Bonchev–Trinajstić information content (AvgIpc) is 3.06. The summed E-state index contributed by atoms with van der Waals surface area (Å²) in [4.78, 5) is 0. The minimum Gasteiger partial charge on any atom is -0.390 e. The normalized spacial score (nSPS) is 22.1. The first-order valence-corrected chi connectivity index (χ1v) is 6.06. The van der Waals surface area contributed by atoms with Gasteiger partial charge in [0, 0.05) is 0 Å². The van der Waals surface area contributed by atoms with Gasteiger partial charge in [0.05, 0.1) is 18.8 Å². The Bertz CT molecular complexity index is 196. The molecule has 5 nitrogen and oxygen atoms in total. The molecule has 0 aliphatic heterocycles. The molecule has 16 heavy (non-hydrogen) atoms. The summed E-state index contributed by atoms with van der Waals surface area (Å²) >= 11 is 0. The molecule has 1 aliphatic carbocycles. The van der Waals surface area contributed by atoms with E-state index in [0.717, 1.165) is 12.8 Å². The summed E-state index contributed by atoms with van der Waals surface area (Å²) in [5, 5.41) is 36.8. The standard InChI is InChI=1S/C11H23NO4/c1-2-10(13)11(14)7-9(8-3-4-8)5-6-12(15)16/h8-11,13-16H,2-7H2,1H3. The molecule has 0 spiro atoms. The molecule has 1 saturated carbocycles. The van der Waals surface area contributed by atoms with E-state index in [1.807, 2.05) is 6.92 Å². The molecule has 96 valence electrons. The molecule has 0 radical (unpaired) electrons. The molecule has 1 aliphatic rings. The van der Waals surface area contributed by atoms with Gasteiger partial charge >= 0.3 is 0 Å². The molecule has 1 fully saturated rings. The van der Waals surface area contributed by atoms with Crippen molar-refractivity contribution in [3.63, 3.8) is 0 Å². The highest BCUT2D eigenvalue weighted by atomic mass is 16.8. The second kappa shape index (κ2) is 6.51. The Balaban J connectivity index is 2.32. The molecule has 4 N–H and O–H groups in total. The first-order chi connectivity index (χ1) is 7.54. The van der Waals surface area contributed by atoms with Gasteiger partial charge in [-0.2, -0.15) is 0 Å².